The van der Waals surface area contributed by atoms with Crippen LogP contribution in [0.5, 0.6) is 0 Å². The number of fused-ring (bicyclic) bond motifs is 2. The second-order valence-corrected chi connectivity index (χ2v) is 8.76. The molecule has 0 spiro atoms. The predicted molar refractivity (Wildman–Crippen MR) is 134 cm³/mol. The zero-order chi connectivity index (χ0) is 24.7. The van der Waals surface area contributed by atoms with Crippen LogP contribution < -0.4 is 16.4 Å². The molecule has 0 saturated carbocycles. The third-order valence-corrected chi connectivity index (χ3v) is 6.21. The van der Waals surface area contributed by atoms with Crippen molar-refractivity contribution in [3.63, 3.8) is 0 Å². The molecule has 1 atom stereocenters. The first-order valence-electron chi connectivity index (χ1n) is 10.4. The van der Waals surface area contributed by atoms with Crippen LogP contribution in [0.2, 0.25) is 5.02 Å². The Morgan fingerprint density at radius 2 is 1.91 bits per heavy atom. The Hall–Kier alpha value is -3.83. The van der Waals surface area contributed by atoms with Crippen molar-refractivity contribution in [3.8, 4) is 5.69 Å². The monoisotopic (exact) mass is 509 g/mol. The van der Waals surface area contributed by atoms with Crippen molar-refractivity contribution >= 4 is 51.1 Å². The van der Waals surface area contributed by atoms with E-state index in [9.17, 15) is 14.0 Å². The summed E-state index contributed by atoms with van der Waals surface area (Å²) in [5.41, 5.74) is 0.0221. The van der Waals surface area contributed by atoms with Crippen LogP contribution >= 0.6 is 23.4 Å². The second kappa shape index (κ2) is 9.08. The summed E-state index contributed by atoms with van der Waals surface area (Å²) in [6.45, 7) is 1.76. The number of halogens is 2. The van der Waals surface area contributed by atoms with Gasteiger partial charge in [0.05, 0.1) is 34.0 Å². The van der Waals surface area contributed by atoms with E-state index in [0.717, 1.165) is 0 Å². The highest BCUT2D eigenvalue weighted by Crippen LogP contribution is 2.27. The van der Waals surface area contributed by atoms with Crippen LogP contribution in [0.15, 0.2) is 63.5 Å². The van der Waals surface area contributed by atoms with Crippen LogP contribution in [0.4, 0.5) is 10.2 Å². The van der Waals surface area contributed by atoms with E-state index in [1.165, 1.54) is 40.9 Å². The lowest BCUT2D eigenvalue weighted by molar-refractivity contribution is 0.624. The molecule has 0 bridgehead atoms. The third-order valence-electron chi connectivity index (χ3n) is 5.35. The molecular formula is C23H17ClFN7O2S. The van der Waals surface area contributed by atoms with Crippen LogP contribution in [0.3, 0.4) is 0 Å². The topological polar surface area (TPSA) is 118 Å². The maximum absolute atomic E-state index is 14.1. The van der Waals surface area contributed by atoms with E-state index >= 15 is 0 Å². The zero-order valence-corrected chi connectivity index (χ0v) is 20.0. The van der Waals surface area contributed by atoms with E-state index in [-0.39, 0.29) is 33.1 Å². The van der Waals surface area contributed by atoms with Crippen molar-refractivity contribution in [1.29, 1.82) is 0 Å². The highest BCUT2D eigenvalue weighted by Gasteiger charge is 2.22. The van der Waals surface area contributed by atoms with E-state index in [1.807, 2.05) is 6.26 Å². The molecule has 0 aliphatic heterocycles. The molecule has 176 valence electrons. The van der Waals surface area contributed by atoms with Gasteiger partial charge in [0.25, 0.3) is 11.1 Å². The Balaban J connectivity index is 1.74. The molecule has 3 heterocycles. The maximum atomic E-state index is 14.1. The molecule has 0 fully saturated rings. The lowest BCUT2D eigenvalue weighted by Gasteiger charge is -2.21. The molecule has 0 radical (unpaired) electrons. The first-order valence-corrected chi connectivity index (χ1v) is 12.0. The molecule has 0 saturated heterocycles. The second-order valence-electron chi connectivity index (χ2n) is 7.58. The minimum atomic E-state index is -0.651. The largest absolute Gasteiger partial charge is 0.360 e. The van der Waals surface area contributed by atoms with Crippen LogP contribution in [-0.2, 0) is 0 Å². The maximum Gasteiger partial charge on any atom is 0.285 e. The van der Waals surface area contributed by atoms with E-state index in [4.69, 9.17) is 11.6 Å². The van der Waals surface area contributed by atoms with Gasteiger partial charge in [-0.3, -0.25) is 14.2 Å². The van der Waals surface area contributed by atoms with Crippen LogP contribution in [0, 0.1) is 5.82 Å². The molecule has 12 heteroatoms. The molecule has 0 aliphatic carbocycles. The molecule has 1 unspecified atom stereocenters. The first-order chi connectivity index (χ1) is 16.9. The fourth-order valence-electron chi connectivity index (χ4n) is 3.79. The number of hydrogen-bond donors (Lipinski definition) is 2. The highest BCUT2D eigenvalue weighted by molar-refractivity contribution is 7.98. The Morgan fingerprint density at radius 3 is 2.69 bits per heavy atom. The lowest BCUT2D eigenvalue weighted by atomic mass is 10.2. The van der Waals surface area contributed by atoms with Crippen molar-refractivity contribution in [2.24, 2.45) is 0 Å². The van der Waals surface area contributed by atoms with Gasteiger partial charge in [-0.1, -0.05) is 35.5 Å². The van der Waals surface area contributed by atoms with Crippen LogP contribution in [0.1, 0.15) is 18.8 Å². The Bertz CT molecular complexity index is 1720. The number of rotatable bonds is 5. The summed E-state index contributed by atoms with van der Waals surface area (Å²) in [5.74, 6) is -0.00943. The van der Waals surface area contributed by atoms with Crippen molar-refractivity contribution in [3.05, 3.63) is 86.2 Å². The van der Waals surface area contributed by atoms with E-state index in [2.05, 4.69) is 30.2 Å². The van der Waals surface area contributed by atoms with Gasteiger partial charge in [-0.25, -0.2) is 19.3 Å². The fraction of sp³-hybridized carbons (Fsp3) is 0.130. The van der Waals surface area contributed by atoms with E-state index in [0.29, 0.717) is 16.3 Å². The highest BCUT2D eigenvalue weighted by atomic mass is 35.5. The molecule has 3 aromatic heterocycles. The lowest BCUT2D eigenvalue weighted by Crippen LogP contribution is -2.28. The van der Waals surface area contributed by atoms with E-state index in [1.54, 1.807) is 31.2 Å². The molecule has 5 aromatic rings. The van der Waals surface area contributed by atoms with Gasteiger partial charge in [0.2, 0.25) is 0 Å². The number of thioether (sulfide) groups is 1. The number of aromatic amines is 1. The van der Waals surface area contributed by atoms with Gasteiger partial charge in [-0.05, 0) is 43.5 Å². The van der Waals surface area contributed by atoms with Crippen molar-refractivity contribution in [2.75, 3.05) is 11.6 Å². The van der Waals surface area contributed by atoms with Gasteiger partial charge in [-0.2, -0.15) is 4.98 Å². The summed E-state index contributed by atoms with van der Waals surface area (Å²) in [6.07, 6.45) is 3.08. The number of nitrogens with one attached hydrogen (secondary N) is 2. The molecule has 2 N–H and O–H groups in total. The predicted octanol–water partition coefficient (Wildman–Crippen LogP) is 4.10. The molecular weight excluding hydrogens is 493 g/mol. The number of H-pyrrole nitrogens is 1. The summed E-state index contributed by atoms with van der Waals surface area (Å²) in [6, 6.07) is 9.95. The number of benzene rings is 2. The van der Waals surface area contributed by atoms with Crippen molar-refractivity contribution in [2.45, 2.75) is 18.1 Å². The zero-order valence-electron chi connectivity index (χ0n) is 18.4. The van der Waals surface area contributed by atoms with E-state index < -0.39 is 23.0 Å². The Labute approximate surface area is 206 Å². The average Bonchev–Trinajstić information content (AvgIpc) is 2.83. The molecule has 5 rings (SSSR count). The molecule has 2 aromatic carbocycles. The van der Waals surface area contributed by atoms with Gasteiger partial charge < -0.3 is 10.3 Å². The van der Waals surface area contributed by atoms with Crippen molar-refractivity contribution in [1.82, 2.24) is 29.5 Å². The number of aromatic nitrogens is 6. The summed E-state index contributed by atoms with van der Waals surface area (Å²) in [7, 11) is 0. The minimum Gasteiger partial charge on any atom is -0.360 e. The van der Waals surface area contributed by atoms with Gasteiger partial charge in [-0.15, -0.1) is 0 Å². The summed E-state index contributed by atoms with van der Waals surface area (Å²) < 4.78 is 15.4. The summed E-state index contributed by atoms with van der Waals surface area (Å²) in [4.78, 5) is 46.2. The van der Waals surface area contributed by atoms with Gasteiger partial charge >= 0.3 is 0 Å². The van der Waals surface area contributed by atoms with Crippen LogP contribution in [0.25, 0.3) is 27.6 Å². The van der Waals surface area contributed by atoms with Gasteiger partial charge in [0.15, 0.2) is 10.8 Å². The minimum absolute atomic E-state index is 0.167. The standard InChI is InChI=1S/C23H17ClFN7O2S/c1-11(28-19-17-18(26-10-27-21(17)33)30-23(31-19)35-2)20-29-15-8-4-7-14(24)16(15)22(34)32(20)13-6-3-5-12(25)9-13/h3-11H,1-2H3,(H2,26,27,28,30,31,33). The average molecular weight is 510 g/mol. The SMILES string of the molecule is CSc1nc(NC(C)c2nc3cccc(Cl)c3c(=O)n2-c2cccc(F)c2)c2c(=O)nc[nH]c2n1. The quantitative estimate of drug-likeness (QED) is 0.268. The van der Waals surface area contributed by atoms with Crippen molar-refractivity contribution < 1.29 is 4.39 Å². The van der Waals surface area contributed by atoms with Gasteiger partial charge in [0, 0.05) is 0 Å². The molecule has 0 amide bonds. The number of anilines is 1. The van der Waals surface area contributed by atoms with Gasteiger partial charge in [0.1, 0.15) is 22.8 Å². The smallest absolute Gasteiger partial charge is 0.285 e. The third kappa shape index (κ3) is 4.13. The normalized spacial score (nSPS) is 12.2. The Morgan fingerprint density at radius 1 is 1.11 bits per heavy atom. The summed E-state index contributed by atoms with van der Waals surface area (Å²) in [5, 5.41) is 4.22. The molecule has 35 heavy (non-hydrogen) atoms. The van der Waals surface area contributed by atoms with Crippen LogP contribution in [-0.4, -0.2) is 35.7 Å². The first kappa shape index (κ1) is 22.9. The number of hydrogen-bond acceptors (Lipinski definition) is 8. The molecule has 9 nitrogen and oxygen atoms in total. The molecule has 0 aliphatic rings. The Kier molecular flexibility index (Phi) is 5.95. The fourth-order valence-corrected chi connectivity index (χ4v) is 4.41. The number of nitrogens with zero attached hydrogens (tertiary/aromatic N) is 5. The summed E-state index contributed by atoms with van der Waals surface area (Å²) >= 11 is 7.63.